The molecule has 0 spiro atoms. The first-order valence-corrected chi connectivity index (χ1v) is 12.0. The molecule has 1 aliphatic carbocycles. The summed E-state index contributed by atoms with van der Waals surface area (Å²) in [6, 6.07) is 3.43. The van der Waals surface area contributed by atoms with Gasteiger partial charge >= 0.3 is 6.09 Å². The minimum absolute atomic E-state index is 0.293. The van der Waals surface area contributed by atoms with Crippen LogP contribution in [0.15, 0.2) is 21.7 Å². The van der Waals surface area contributed by atoms with E-state index >= 15 is 0 Å². The Balaban J connectivity index is 1.51. The Hall–Kier alpha value is -1.49. The van der Waals surface area contributed by atoms with Gasteiger partial charge in [0.05, 0.1) is 15.6 Å². The minimum atomic E-state index is -3.52. The van der Waals surface area contributed by atoms with E-state index < -0.39 is 16.1 Å². The maximum Gasteiger partial charge on any atom is 0.404 e. The van der Waals surface area contributed by atoms with Crippen molar-refractivity contribution in [2.75, 3.05) is 13.1 Å². The molecule has 1 fully saturated rings. The summed E-state index contributed by atoms with van der Waals surface area (Å²) in [7, 11) is -3.52. The number of thiophene rings is 1. The van der Waals surface area contributed by atoms with E-state index in [1.807, 2.05) is 12.3 Å². The number of aromatic nitrogens is 1. The van der Waals surface area contributed by atoms with Crippen LogP contribution < -0.4 is 10.0 Å². The molecule has 2 heterocycles. The van der Waals surface area contributed by atoms with Crippen LogP contribution in [0.25, 0.3) is 10.6 Å². The van der Waals surface area contributed by atoms with Gasteiger partial charge in [-0.1, -0.05) is 0 Å². The SMILES string of the molecule is Cc1nc(-c2ccc(S(=O)(=O)NC[C@H]3CC[C@H](CNC(=O)O)CC3)s2)cs1. The molecule has 0 bridgehead atoms. The number of carbonyl (C=O) groups is 1. The van der Waals surface area contributed by atoms with E-state index in [0.717, 1.165) is 41.3 Å². The Labute approximate surface area is 166 Å². The molecule has 3 N–H and O–H groups in total. The largest absolute Gasteiger partial charge is 0.465 e. The first-order chi connectivity index (χ1) is 12.8. The Bertz CT molecular complexity index is 883. The van der Waals surface area contributed by atoms with E-state index in [1.54, 1.807) is 23.5 Å². The molecule has 10 heteroatoms. The van der Waals surface area contributed by atoms with Crippen molar-refractivity contribution in [3.8, 4) is 10.6 Å². The zero-order valence-corrected chi connectivity index (χ0v) is 17.4. The predicted octanol–water partition coefficient (Wildman–Crippen LogP) is 3.53. The number of amides is 1. The fourth-order valence-corrected chi connectivity index (χ4v) is 6.36. The second kappa shape index (κ2) is 8.68. The van der Waals surface area contributed by atoms with Gasteiger partial charge in [0.25, 0.3) is 0 Å². The van der Waals surface area contributed by atoms with Gasteiger partial charge < -0.3 is 10.4 Å². The lowest BCUT2D eigenvalue weighted by Gasteiger charge is -2.28. The number of thiazole rings is 1. The number of hydrogen-bond acceptors (Lipinski definition) is 6. The smallest absolute Gasteiger partial charge is 0.404 e. The van der Waals surface area contributed by atoms with Crippen LogP contribution in [-0.4, -0.2) is 37.7 Å². The first kappa shape index (κ1) is 20.2. The van der Waals surface area contributed by atoms with Crippen molar-refractivity contribution in [2.45, 2.75) is 36.8 Å². The molecule has 27 heavy (non-hydrogen) atoms. The average Bonchev–Trinajstić information content (AvgIpc) is 3.28. The van der Waals surface area contributed by atoms with Gasteiger partial charge in [-0.2, -0.15) is 0 Å². The summed E-state index contributed by atoms with van der Waals surface area (Å²) in [5.41, 5.74) is 0.817. The van der Waals surface area contributed by atoms with Gasteiger partial charge in [-0.3, -0.25) is 0 Å². The van der Waals surface area contributed by atoms with Crippen LogP contribution in [0.2, 0.25) is 0 Å². The summed E-state index contributed by atoms with van der Waals surface area (Å²) in [5, 5.41) is 14.0. The number of aryl methyl sites for hydroxylation is 1. The third-order valence-electron chi connectivity index (χ3n) is 4.79. The van der Waals surface area contributed by atoms with Crippen molar-refractivity contribution in [1.82, 2.24) is 15.0 Å². The predicted molar refractivity (Wildman–Crippen MR) is 107 cm³/mol. The van der Waals surface area contributed by atoms with E-state index in [1.165, 1.54) is 11.3 Å². The molecule has 0 atom stereocenters. The molecule has 2 aromatic rings. The minimum Gasteiger partial charge on any atom is -0.465 e. The van der Waals surface area contributed by atoms with Gasteiger partial charge in [0.2, 0.25) is 10.0 Å². The molecule has 0 aromatic carbocycles. The molecule has 148 valence electrons. The number of nitrogens with zero attached hydrogens (tertiary/aromatic N) is 1. The van der Waals surface area contributed by atoms with Gasteiger partial charge in [0, 0.05) is 18.5 Å². The van der Waals surface area contributed by atoms with Gasteiger partial charge in [-0.05, 0) is 56.6 Å². The summed E-state index contributed by atoms with van der Waals surface area (Å²) in [4.78, 5) is 15.8. The van der Waals surface area contributed by atoms with Crippen LogP contribution in [0.4, 0.5) is 4.79 Å². The molecule has 0 unspecified atom stereocenters. The summed E-state index contributed by atoms with van der Waals surface area (Å²) in [5.74, 6) is 0.636. The molecule has 1 aliphatic rings. The molecule has 0 saturated heterocycles. The van der Waals surface area contributed by atoms with E-state index in [2.05, 4.69) is 15.0 Å². The van der Waals surface area contributed by atoms with Crippen molar-refractivity contribution < 1.29 is 18.3 Å². The standard InChI is InChI=1S/C17H23N3O4S3/c1-11-20-14(10-25-11)15-6-7-16(26-15)27(23,24)19-9-13-4-2-12(3-5-13)8-18-17(21)22/h6-7,10,12-13,18-19H,2-5,8-9H2,1H3,(H,21,22)/t12-,13-. The Kier molecular flexibility index (Phi) is 6.51. The number of hydrogen-bond donors (Lipinski definition) is 3. The van der Waals surface area contributed by atoms with Crippen molar-refractivity contribution >= 4 is 38.8 Å². The summed E-state index contributed by atoms with van der Waals surface area (Å²) in [6.07, 6.45) is 2.65. The number of rotatable bonds is 7. The zero-order valence-electron chi connectivity index (χ0n) is 15.0. The average molecular weight is 430 g/mol. The topological polar surface area (TPSA) is 108 Å². The van der Waals surface area contributed by atoms with Gasteiger partial charge in [0.1, 0.15) is 4.21 Å². The Morgan fingerprint density at radius 2 is 1.89 bits per heavy atom. The van der Waals surface area contributed by atoms with Crippen LogP contribution in [0, 0.1) is 18.8 Å². The lowest BCUT2D eigenvalue weighted by molar-refractivity contribution is 0.188. The van der Waals surface area contributed by atoms with Crippen molar-refractivity contribution in [1.29, 1.82) is 0 Å². The first-order valence-electron chi connectivity index (χ1n) is 8.82. The molecule has 0 radical (unpaired) electrons. The van der Waals surface area contributed by atoms with Crippen LogP contribution in [-0.2, 0) is 10.0 Å². The van der Waals surface area contributed by atoms with Crippen molar-refractivity contribution in [2.24, 2.45) is 11.8 Å². The Morgan fingerprint density at radius 3 is 2.48 bits per heavy atom. The molecule has 7 nitrogen and oxygen atoms in total. The molecular weight excluding hydrogens is 406 g/mol. The van der Waals surface area contributed by atoms with E-state index in [4.69, 9.17) is 5.11 Å². The Morgan fingerprint density at radius 1 is 1.22 bits per heavy atom. The monoisotopic (exact) mass is 429 g/mol. The lowest BCUT2D eigenvalue weighted by atomic mass is 9.82. The van der Waals surface area contributed by atoms with Crippen LogP contribution in [0.1, 0.15) is 30.7 Å². The highest BCUT2D eigenvalue weighted by Crippen LogP contribution is 2.32. The molecular formula is C17H23N3O4S3. The quantitative estimate of drug-likeness (QED) is 0.624. The molecule has 1 saturated carbocycles. The number of sulfonamides is 1. The third-order valence-corrected chi connectivity index (χ3v) is 8.58. The number of carboxylic acid groups (broad SMARTS) is 1. The molecule has 1 amide bonds. The van der Waals surface area contributed by atoms with Crippen LogP contribution in [0.5, 0.6) is 0 Å². The van der Waals surface area contributed by atoms with Crippen LogP contribution in [0.3, 0.4) is 0 Å². The summed E-state index contributed by atoms with van der Waals surface area (Å²) in [6.45, 7) is 2.82. The van der Waals surface area contributed by atoms with E-state index in [9.17, 15) is 13.2 Å². The highest BCUT2D eigenvalue weighted by Gasteiger charge is 2.24. The third kappa shape index (κ3) is 5.50. The summed E-state index contributed by atoms with van der Waals surface area (Å²) < 4.78 is 28.2. The van der Waals surface area contributed by atoms with Gasteiger partial charge in [-0.25, -0.2) is 22.9 Å². The summed E-state index contributed by atoms with van der Waals surface area (Å²) >= 11 is 2.78. The fourth-order valence-electron chi connectivity index (χ4n) is 3.25. The molecule has 0 aliphatic heterocycles. The highest BCUT2D eigenvalue weighted by atomic mass is 32.2. The van der Waals surface area contributed by atoms with Crippen LogP contribution >= 0.6 is 22.7 Å². The number of nitrogens with one attached hydrogen (secondary N) is 2. The van der Waals surface area contributed by atoms with Crippen molar-refractivity contribution in [3.63, 3.8) is 0 Å². The highest BCUT2D eigenvalue weighted by molar-refractivity contribution is 7.91. The maximum absolute atomic E-state index is 12.6. The second-order valence-electron chi connectivity index (χ2n) is 6.80. The zero-order chi connectivity index (χ0) is 19.4. The maximum atomic E-state index is 12.6. The normalized spacial score (nSPS) is 20.5. The van der Waals surface area contributed by atoms with Gasteiger partial charge in [-0.15, -0.1) is 22.7 Å². The van der Waals surface area contributed by atoms with E-state index in [0.29, 0.717) is 29.1 Å². The molecule has 2 aromatic heterocycles. The van der Waals surface area contributed by atoms with E-state index in [-0.39, 0.29) is 0 Å². The second-order valence-corrected chi connectivity index (χ2v) is 10.9. The molecule has 3 rings (SSSR count). The van der Waals surface area contributed by atoms with Gasteiger partial charge in [0.15, 0.2) is 0 Å². The lowest BCUT2D eigenvalue weighted by Crippen LogP contribution is -2.34. The fraction of sp³-hybridized carbons (Fsp3) is 0.529. The van der Waals surface area contributed by atoms with Crippen molar-refractivity contribution in [3.05, 3.63) is 22.5 Å².